The van der Waals surface area contributed by atoms with Crippen molar-refractivity contribution in [3.8, 4) is 22.7 Å². The average molecular weight is 484 g/mol. The van der Waals surface area contributed by atoms with E-state index in [0.717, 1.165) is 26.9 Å². The summed E-state index contributed by atoms with van der Waals surface area (Å²) in [6, 6.07) is 23.3. The van der Waals surface area contributed by atoms with Crippen LogP contribution in [0.4, 0.5) is 0 Å². The summed E-state index contributed by atoms with van der Waals surface area (Å²) in [6.45, 7) is 2.02. The highest BCUT2D eigenvalue weighted by atomic mass is 35.5. The molecular weight excluding hydrogens is 462 g/mol. The molecule has 0 amide bonds. The van der Waals surface area contributed by atoms with Crippen LogP contribution in [0.25, 0.3) is 27.8 Å². The maximum absolute atomic E-state index is 13.7. The third-order valence-electron chi connectivity index (χ3n) is 6.69. The molecule has 7 heteroatoms. The minimum absolute atomic E-state index is 0.351. The van der Waals surface area contributed by atoms with Crippen molar-refractivity contribution in [3.63, 3.8) is 0 Å². The zero-order valence-corrected chi connectivity index (χ0v) is 20.2. The first-order valence-electron chi connectivity index (χ1n) is 11.3. The van der Waals surface area contributed by atoms with Crippen LogP contribution in [-0.2, 0) is 14.1 Å². The molecule has 1 atom stereocenters. The van der Waals surface area contributed by atoms with Gasteiger partial charge in [0.2, 0.25) is 0 Å². The van der Waals surface area contributed by atoms with Crippen LogP contribution in [0.1, 0.15) is 22.9 Å². The highest BCUT2D eigenvalue weighted by molar-refractivity contribution is 6.30. The van der Waals surface area contributed by atoms with Crippen molar-refractivity contribution in [1.82, 2.24) is 13.7 Å². The standard InChI is InChI=1S/C28H22ClN3O3/c1-16-9-11-17(12-10-16)23-22-24(30(2)28(34)31(3)27(22)33)25-26(18-7-5-4-6-8-18)35-21-14-13-19(29)15-20(21)32(23)25/h4-15,26H,1-3H3/t26-/m0/s1. The van der Waals surface area contributed by atoms with Gasteiger partial charge in [-0.05, 0) is 36.2 Å². The van der Waals surface area contributed by atoms with Crippen molar-refractivity contribution in [2.45, 2.75) is 13.0 Å². The van der Waals surface area contributed by atoms with Gasteiger partial charge < -0.3 is 9.30 Å². The van der Waals surface area contributed by atoms with Gasteiger partial charge in [0, 0.05) is 19.1 Å². The maximum atomic E-state index is 13.7. The van der Waals surface area contributed by atoms with E-state index in [4.69, 9.17) is 16.3 Å². The van der Waals surface area contributed by atoms with Crippen molar-refractivity contribution in [2.24, 2.45) is 14.1 Å². The van der Waals surface area contributed by atoms with E-state index >= 15 is 0 Å². The third-order valence-corrected chi connectivity index (χ3v) is 6.93. The largest absolute Gasteiger partial charge is 0.477 e. The fraction of sp³-hybridized carbons (Fsp3) is 0.143. The summed E-state index contributed by atoms with van der Waals surface area (Å²) >= 11 is 6.44. The molecule has 0 bridgehead atoms. The highest BCUT2D eigenvalue weighted by Gasteiger charge is 2.36. The molecular formula is C28H22ClN3O3. The van der Waals surface area contributed by atoms with Gasteiger partial charge in [-0.2, -0.15) is 0 Å². The number of benzene rings is 3. The van der Waals surface area contributed by atoms with Crippen molar-refractivity contribution in [1.29, 1.82) is 0 Å². The summed E-state index contributed by atoms with van der Waals surface area (Å²) in [5, 5.41) is 1.01. The first-order valence-corrected chi connectivity index (χ1v) is 11.7. The van der Waals surface area contributed by atoms with E-state index in [2.05, 4.69) is 0 Å². The molecule has 0 fully saturated rings. The summed E-state index contributed by atoms with van der Waals surface area (Å²) in [7, 11) is 3.20. The minimum Gasteiger partial charge on any atom is -0.477 e. The molecule has 35 heavy (non-hydrogen) atoms. The second-order valence-electron chi connectivity index (χ2n) is 8.89. The summed E-state index contributed by atoms with van der Waals surface area (Å²) in [5.74, 6) is 0.645. The summed E-state index contributed by atoms with van der Waals surface area (Å²) in [5.41, 5.74) is 4.84. The van der Waals surface area contributed by atoms with Crippen molar-refractivity contribution in [3.05, 3.63) is 115 Å². The molecule has 1 aliphatic heterocycles. The van der Waals surface area contributed by atoms with Crippen LogP contribution in [0, 0.1) is 6.92 Å². The molecule has 6 nitrogen and oxygen atoms in total. The Balaban J connectivity index is 1.88. The van der Waals surface area contributed by atoms with E-state index in [1.165, 1.54) is 11.6 Å². The fourth-order valence-electron chi connectivity index (χ4n) is 4.97. The van der Waals surface area contributed by atoms with Crippen LogP contribution >= 0.6 is 11.6 Å². The minimum atomic E-state index is -0.538. The lowest BCUT2D eigenvalue weighted by Crippen LogP contribution is -2.37. The van der Waals surface area contributed by atoms with Gasteiger partial charge in [-0.15, -0.1) is 0 Å². The number of aryl methyl sites for hydroxylation is 2. The van der Waals surface area contributed by atoms with E-state index < -0.39 is 11.8 Å². The number of fused-ring (bicyclic) bond motifs is 5. The maximum Gasteiger partial charge on any atom is 0.331 e. The van der Waals surface area contributed by atoms with Gasteiger partial charge in [-0.3, -0.25) is 13.9 Å². The normalized spacial score (nSPS) is 14.5. The molecule has 1 aliphatic rings. The Morgan fingerprint density at radius 1 is 0.886 bits per heavy atom. The van der Waals surface area contributed by atoms with Crippen LogP contribution in [0.15, 0.2) is 82.4 Å². The van der Waals surface area contributed by atoms with Gasteiger partial charge in [0.25, 0.3) is 5.56 Å². The zero-order chi connectivity index (χ0) is 24.4. The molecule has 0 saturated carbocycles. The van der Waals surface area contributed by atoms with Gasteiger partial charge in [0.05, 0.1) is 28.0 Å². The molecule has 0 spiro atoms. The predicted molar refractivity (Wildman–Crippen MR) is 138 cm³/mol. The van der Waals surface area contributed by atoms with Gasteiger partial charge in [0.1, 0.15) is 5.75 Å². The van der Waals surface area contributed by atoms with E-state index in [9.17, 15) is 9.59 Å². The molecule has 0 saturated heterocycles. The number of nitrogens with zero attached hydrogens (tertiary/aromatic N) is 3. The number of aromatic nitrogens is 3. The Hall–Kier alpha value is -4.03. The van der Waals surface area contributed by atoms with Crippen molar-refractivity contribution < 1.29 is 4.74 Å². The number of halogens is 1. The van der Waals surface area contributed by atoms with Crippen LogP contribution < -0.4 is 16.0 Å². The zero-order valence-electron chi connectivity index (χ0n) is 19.4. The topological polar surface area (TPSA) is 58.2 Å². The number of rotatable bonds is 2. The Morgan fingerprint density at radius 2 is 1.60 bits per heavy atom. The van der Waals surface area contributed by atoms with Crippen LogP contribution in [0.5, 0.6) is 5.75 Å². The highest BCUT2D eigenvalue weighted by Crippen LogP contribution is 2.47. The Bertz CT molecular complexity index is 1750. The number of hydrogen-bond donors (Lipinski definition) is 0. The molecule has 2 aromatic heterocycles. The first-order chi connectivity index (χ1) is 16.9. The van der Waals surface area contributed by atoms with E-state index in [1.807, 2.05) is 78.2 Å². The van der Waals surface area contributed by atoms with Crippen LogP contribution in [-0.4, -0.2) is 13.7 Å². The monoisotopic (exact) mass is 483 g/mol. The van der Waals surface area contributed by atoms with Crippen molar-refractivity contribution >= 4 is 22.5 Å². The Labute approximate surface area is 206 Å². The second kappa shape index (κ2) is 7.75. The van der Waals surface area contributed by atoms with E-state index in [0.29, 0.717) is 33.1 Å². The SMILES string of the molecule is Cc1ccc(-c2c3c(=O)n(C)c(=O)n(C)c3c3n2-c2cc(Cl)ccc2O[C@H]3c2ccccc2)cc1. The van der Waals surface area contributed by atoms with Crippen molar-refractivity contribution in [2.75, 3.05) is 0 Å². The molecule has 3 aromatic carbocycles. The first kappa shape index (κ1) is 21.5. The lowest BCUT2D eigenvalue weighted by atomic mass is 10.0. The second-order valence-corrected chi connectivity index (χ2v) is 9.32. The molecule has 6 rings (SSSR count). The number of hydrogen-bond acceptors (Lipinski definition) is 3. The molecule has 0 aliphatic carbocycles. The van der Waals surface area contributed by atoms with E-state index in [-0.39, 0.29) is 5.56 Å². The molecule has 5 aromatic rings. The Kier molecular flexibility index (Phi) is 4.76. The third kappa shape index (κ3) is 3.10. The van der Waals surface area contributed by atoms with Crippen LogP contribution in [0.3, 0.4) is 0 Å². The van der Waals surface area contributed by atoms with Gasteiger partial charge in [0.15, 0.2) is 6.10 Å². The van der Waals surface area contributed by atoms with Gasteiger partial charge >= 0.3 is 5.69 Å². The molecule has 0 radical (unpaired) electrons. The molecule has 174 valence electrons. The summed E-state index contributed by atoms with van der Waals surface area (Å²) in [6.07, 6.45) is -0.538. The van der Waals surface area contributed by atoms with Crippen LogP contribution in [0.2, 0.25) is 5.02 Å². The predicted octanol–water partition coefficient (Wildman–Crippen LogP) is 5.14. The lowest BCUT2D eigenvalue weighted by molar-refractivity contribution is 0.229. The number of ether oxygens (including phenoxy) is 1. The molecule has 0 N–H and O–H groups in total. The average Bonchev–Trinajstić information content (AvgIpc) is 3.23. The lowest BCUT2D eigenvalue weighted by Gasteiger charge is -2.30. The van der Waals surface area contributed by atoms with Gasteiger partial charge in [-0.1, -0.05) is 71.8 Å². The summed E-state index contributed by atoms with van der Waals surface area (Å²) in [4.78, 5) is 26.7. The Morgan fingerprint density at radius 3 is 2.31 bits per heavy atom. The molecule has 0 unspecified atom stereocenters. The quantitative estimate of drug-likeness (QED) is 0.349. The molecule has 3 heterocycles. The fourth-order valence-corrected chi connectivity index (χ4v) is 5.14. The van der Waals surface area contributed by atoms with E-state index in [1.54, 1.807) is 13.1 Å². The summed E-state index contributed by atoms with van der Waals surface area (Å²) < 4.78 is 11.3. The smallest absolute Gasteiger partial charge is 0.331 e. The van der Waals surface area contributed by atoms with Gasteiger partial charge in [-0.25, -0.2) is 4.79 Å².